The Labute approximate surface area is 175 Å². The Balaban J connectivity index is 1.43. The van der Waals surface area contributed by atoms with Gasteiger partial charge in [0.2, 0.25) is 0 Å². The molecule has 1 atom stereocenters. The van der Waals surface area contributed by atoms with Crippen molar-refractivity contribution >= 4 is 29.4 Å². The molecule has 0 radical (unpaired) electrons. The molecule has 4 rings (SSSR count). The molecule has 0 amide bonds. The molecule has 2 nitrogen and oxygen atoms in total. The van der Waals surface area contributed by atoms with E-state index in [2.05, 4.69) is 91.0 Å². The lowest BCUT2D eigenvalue weighted by atomic mass is 10.1. The molecule has 0 spiro atoms. The van der Waals surface area contributed by atoms with Crippen molar-refractivity contribution in [1.82, 2.24) is 0 Å². The number of ether oxygens (including phenoxy) is 1. The first-order valence-electron chi connectivity index (χ1n) is 9.52. The first-order chi connectivity index (χ1) is 13.8. The van der Waals surface area contributed by atoms with E-state index in [9.17, 15) is 0 Å². The van der Waals surface area contributed by atoms with Crippen LogP contribution in [-0.4, -0.2) is 23.1 Å². The van der Waals surface area contributed by atoms with Crippen LogP contribution in [0.5, 0.6) is 0 Å². The quantitative estimate of drug-likeness (QED) is 0.323. The van der Waals surface area contributed by atoms with Crippen LogP contribution in [0, 0.1) is 0 Å². The zero-order chi connectivity index (χ0) is 19.0. The highest BCUT2D eigenvalue weighted by Crippen LogP contribution is 2.38. The van der Waals surface area contributed by atoms with Gasteiger partial charge in [-0.1, -0.05) is 66.7 Å². The van der Waals surface area contributed by atoms with Crippen LogP contribution in [0.25, 0.3) is 0 Å². The number of nitrogens with zero attached hydrogens (tertiary/aromatic N) is 1. The Morgan fingerprint density at radius 1 is 0.786 bits per heavy atom. The van der Waals surface area contributed by atoms with E-state index in [1.807, 2.05) is 23.5 Å². The van der Waals surface area contributed by atoms with Crippen molar-refractivity contribution in [2.75, 3.05) is 6.61 Å². The van der Waals surface area contributed by atoms with Crippen LogP contribution in [-0.2, 0) is 11.2 Å². The number of benzene rings is 3. The lowest BCUT2D eigenvalue weighted by Gasteiger charge is -2.16. The standard InChI is InChI=1S/C24H23NOS2/c1-4-10-19(11-5-1)16-20-18-26-23(25-20)17-24(27-21-12-6-2-7-13-21)28-22-14-8-3-9-15-22/h1-15,20,24H,16-18H2/t20-/m0/s1. The summed E-state index contributed by atoms with van der Waals surface area (Å²) in [6.45, 7) is 0.683. The summed E-state index contributed by atoms with van der Waals surface area (Å²) < 4.78 is 6.29. The molecular weight excluding hydrogens is 382 g/mol. The van der Waals surface area contributed by atoms with E-state index < -0.39 is 0 Å². The summed E-state index contributed by atoms with van der Waals surface area (Å²) in [6.07, 6.45) is 1.76. The van der Waals surface area contributed by atoms with Crippen molar-refractivity contribution in [3.05, 3.63) is 96.6 Å². The number of rotatable bonds is 8. The summed E-state index contributed by atoms with van der Waals surface area (Å²) in [6, 6.07) is 31.9. The molecule has 3 aromatic carbocycles. The van der Waals surface area contributed by atoms with Gasteiger partial charge in [0, 0.05) is 16.2 Å². The molecule has 1 aliphatic rings. The van der Waals surface area contributed by atoms with E-state index in [1.54, 1.807) is 0 Å². The highest BCUT2D eigenvalue weighted by molar-refractivity contribution is 8.17. The van der Waals surface area contributed by atoms with Crippen molar-refractivity contribution in [2.45, 2.75) is 33.3 Å². The third kappa shape index (κ3) is 5.66. The monoisotopic (exact) mass is 405 g/mol. The van der Waals surface area contributed by atoms with Gasteiger partial charge in [0.25, 0.3) is 0 Å². The van der Waals surface area contributed by atoms with Crippen LogP contribution in [0.15, 0.2) is 106 Å². The second-order valence-corrected chi connectivity index (χ2v) is 9.52. The van der Waals surface area contributed by atoms with Crippen LogP contribution < -0.4 is 0 Å². The smallest absolute Gasteiger partial charge is 0.185 e. The molecule has 142 valence electrons. The fourth-order valence-electron chi connectivity index (χ4n) is 3.12. The van der Waals surface area contributed by atoms with E-state index in [1.165, 1.54) is 15.4 Å². The van der Waals surface area contributed by atoms with Crippen molar-refractivity contribution in [1.29, 1.82) is 0 Å². The van der Waals surface area contributed by atoms with E-state index >= 15 is 0 Å². The summed E-state index contributed by atoms with van der Waals surface area (Å²) in [5, 5.41) is 0. The maximum absolute atomic E-state index is 5.97. The molecular formula is C24H23NOS2. The normalized spacial score (nSPS) is 16.0. The Morgan fingerprint density at radius 3 is 1.89 bits per heavy atom. The van der Waals surface area contributed by atoms with Gasteiger partial charge in [-0.05, 0) is 36.2 Å². The minimum absolute atomic E-state index is 0.224. The average Bonchev–Trinajstić information content (AvgIpc) is 3.17. The highest BCUT2D eigenvalue weighted by atomic mass is 32.2. The van der Waals surface area contributed by atoms with Gasteiger partial charge in [-0.2, -0.15) is 0 Å². The summed E-state index contributed by atoms with van der Waals surface area (Å²) in [7, 11) is 0. The minimum atomic E-state index is 0.224. The minimum Gasteiger partial charge on any atom is -0.479 e. The number of aliphatic imine (C=N–C) groups is 1. The van der Waals surface area contributed by atoms with Gasteiger partial charge in [0.05, 0.1) is 10.6 Å². The molecule has 1 aliphatic heterocycles. The lowest BCUT2D eigenvalue weighted by molar-refractivity contribution is 0.310. The predicted molar refractivity (Wildman–Crippen MR) is 120 cm³/mol. The summed E-state index contributed by atoms with van der Waals surface area (Å²) in [5.41, 5.74) is 1.31. The molecule has 0 bridgehead atoms. The molecule has 1 heterocycles. The molecule has 28 heavy (non-hydrogen) atoms. The SMILES string of the molecule is c1ccc(C[C@H]2COC(CC(Sc3ccccc3)Sc3ccccc3)=N2)cc1. The van der Waals surface area contributed by atoms with Crippen molar-refractivity contribution < 1.29 is 4.74 Å². The molecule has 3 aromatic rings. The molecule has 0 saturated carbocycles. The molecule has 4 heteroatoms. The maximum atomic E-state index is 5.97. The second kappa shape index (κ2) is 9.85. The lowest BCUT2D eigenvalue weighted by Crippen LogP contribution is -2.10. The summed E-state index contributed by atoms with van der Waals surface area (Å²) >= 11 is 3.76. The molecule has 0 aromatic heterocycles. The fraction of sp³-hybridized carbons (Fsp3) is 0.208. The number of hydrogen-bond donors (Lipinski definition) is 0. The van der Waals surface area contributed by atoms with Gasteiger partial charge >= 0.3 is 0 Å². The first-order valence-corrected chi connectivity index (χ1v) is 11.3. The molecule has 0 N–H and O–H groups in total. The van der Waals surface area contributed by atoms with E-state index in [0.717, 1.165) is 18.7 Å². The van der Waals surface area contributed by atoms with Gasteiger partial charge in [0.15, 0.2) is 5.90 Å². The number of thioether (sulfide) groups is 2. The maximum Gasteiger partial charge on any atom is 0.185 e. The Morgan fingerprint density at radius 2 is 1.32 bits per heavy atom. The van der Waals surface area contributed by atoms with E-state index in [0.29, 0.717) is 11.2 Å². The number of hydrogen-bond acceptors (Lipinski definition) is 4. The van der Waals surface area contributed by atoms with Crippen molar-refractivity contribution in [3.8, 4) is 0 Å². The van der Waals surface area contributed by atoms with Gasteiger partial charge in [0.1, 0.15) is 6.61 Å². The van der Waals surface area contributed by atoms with Gasteiger partial charge in [-0.15, -0.1) is 23.5 Å². The van der Waals surface area contributed by atoms with E-state index in [4.69, 9.17) is 9.73 Å². The third-order valence-corrected chi connectivity index (χ3v) is 6.97. The molecule has 0 fully saturated rings. The highest BCUT2D eigenvalue weighted by Gasteiger charge is 2.23. The third-order valence-electron chi connectivity index (χ3n) is 4.45. The fourth-order valence-corrected chi connectivity index (χ4v) is 5.67. The van der Waals surface area contributed by atoms with Crippen molar-refractivity contribution in [3.63, 3.8) is 0 Å². The Bertz CT molecular complexity index is 843. The average molecular weight is 406 g/mol. The molecule has 0 saturated heterocycles. The zero-order valence-corrected chi connectivity index (χ0v) is 17.2. The zero-order valence-electron chi connectivity index (χ0n) is 15.6. The van der Waals surface area contributed by atoms with Crippen LogP contribution in [0.2, 0.25) is 0 Å². The van der Waals surface area contributed by atoms with Crippen LogP contribution in [0.1, 0.15) is 12.0 Å². The Kier molecular flexibility index (Phi) is 6.74. The van der Waals surface area contributed by atoms with Crippen LogP contribution in [0.3, 0.4) is 0 Å². The topological polar surface area (TPSA) is 21.6 Å². The van der Waals surface area contributed by atoms with Crippen molar-refractivity contribution in [2.24, 2.45) is 4.99 Å². The van der Waals surface area contributed by atoms with Gasteiger partial charge < -0.3 is 4.74 Å². The summed E-state index contributed by atoms with van der Waals surface area (Å²) in [4.78, 5) is 7.42. The largest absolute Gasteiger partial charge is 0.479 e. The molecule has 0 aliphatic carbocycles. The van der Waals surface area contributed by atoms with Gasteiger partial charge in [-0.25, -0.2) is 4.99 Å². The van der Waals surface area contributed by atoms with Crippen LogP contribution in [0.4, 0.5) is 0 Å². The Hall–Kier alpha value is -2.17. The molecule has 0 unspecified atom stereocenters. The van der Waals surface area contributed by atoms with E-state index in [-0.39, 0.29) is 6.04 Å². The summed E-state index contributed by atoms with van der Waals surface area (Å²) in [5.74, 6) is 0.887. The predicted octanol–water partition coefficient (Wildman–Crippen LogP) is 6.33. The van der Waals surface area contributed by atoms with Crippen LogP contribution >= 0.6 is 23.5 Å². The second-order valence-electron chi connectivity index (χ2n) is 6.67. The van der Waals surface area contributed by atoms with Gasteiger partial charge in [-0.3, -0.25) is 0 Å². The first kappa shape index (κ1) is 19.2.